The first-order valence-corrected chi connectivity index (χ1v) is 8.14. The quantitative estimate of drug-likeness (QED) is 0.551. The lowest BCUT2D eigenvalue weighted by Crippen LogP contribution is -2.11. The average molecular weight is 325 g/mol. The van der Waals surface area contributed by atoms with Gasteiger partial charge in [0, 0.05) is 18.8 Å². The van der Waals surface area contributed by atoms with Crippen LogP contribution in [0.1, 0.15) is 38.3 Å². The van der Waals surface area contributed by atoms with Crippen LogP contribution in [0.15, 0.2) is 42.7 Å². The number of hydrogen-bond acceptors (Lipinski definition) is 4. The molecule has 0 fully saturated rings. The molecule has 0 aliphatic carbocycles. The monoisotopic (exact) mass is 325 g/mol. The summed E-state index contributed by atoms with van der Waals surface area (Å²) in [5.74, 6) is 1.05. The highest BCUT2D eigenvalue weighted by atomic mass is 16.6. The minimum absolute atomic E-state index is 0.244. The Bertz CT molecular complexity index is 693. The van der Waals surface area contributed by atoms with Crippen molar-refractivity contribution in [1.29, 1.82) is 0 Å². The van der Waals surface area contributed by atoms with Gasteiger partial charge in [-0.05, 0) is 48.2 Å². The Labute approximate surface area is 143 Å². The van der Waals surface area contributed by atoms with Gasteiger partial charge in [0.2, 0.25) is 0 Å². The molecular formula is C20H23NO3. The summed E-state index contributed by atoms with van der Waals surface area (Å²) in [6.45, 7) is 6.38. The zero-order valence-electron chi connectivity index (χ0n) is 14.4. The van der Waals surface area contributed by atoms with Gasteiger partial charge in [0.15, 0.2) is 11.5 Å². The number of nitrogens with zero attached hydrogens (tertiary/aromatic N) is 1. The van der Waals surface area contributed by atoms with Crippen LogP contribution in [0, 0.1) is 5.92 Å². The van der Waals surface area contributed by atoms with Gasteiger partial charge >= 0.3 is 5.97 Å². The summed E-state index contributed by atoms with van der Waals surface area (Å²) in [5.41, 5.74) is 2.04. The van der Waals surface area contributed by atoms with Gasteiger partial charge in [0.25, 0.3) is 0 Å². The molecule has 1 aromatic heterocycles. The number of rotatable bonds is 7. The maximum atomic E-state index is 11.9. The lowest BCUT2D eigenvalue weighted by Gasteiger charge is -2.12. The summed E-state index contributed by atoms with van der Waals surface area (Å²) in [7, 11) is 0. The Kier molecular flexibility index (Phi) is 6.55. The Morgan fingerprint density at radius 2 is 1.79 bits per heavy atom. The average Bonchev–Trinajstić information content (AvgIpc) is 2.55. The van der Waals surface area contributed by atoms with Crippen molar-refractivity contribution in [2.45, 2.75) is 27.2 Å². The van der Waals surface area contributed by atoms with Crippen LogP contribution < -0.4 is 9.47 Å². The molecule has 0 saturated carbocycles. The molecule has 0 spiro atoms. The van der Waals surface area contributed by atoms with Crippen LogP contribution in [0.25, 0.3) is 12.2 Å². The molecule has 0 N–H and O–H groups in total. The number of carbonyl (C=O) groups is 1. The smallest absolute Gasteiger partial charge is 0.311 e. The van der Waals surface area contributed by atoms with Gasteiger partial charge in [-0.2, -0.15) is 0 Å². The van der Waals surface area contributed by atoms with Crippen LogP contribution in [0.5, 0.6) is 11.5 Å². The van der Waals surface area contributed by atoms with E-state index in [1.807, 2.05) is 57.2 Å². The summed E-state index contributed by atoms with van der Waals surface area (Å²) in [6.07, 6.45) is 7.87. The lowest BCUT2D eigenvalue weighted by molar-refractivity contribution is -0.135. The van der Waals surface area contributed by atoms with Gasteiger partial charge in [-0.1, -0.05) is 32.1 Å². The fraction of sp³-hybridized carbons (Fsp3) is 0.300. The molecule has 0 aliphatic heterocycles. The molecule has 2 rings (SSSR count). The first kappa shape index (κ1) is 17.7. The third kappa shape index (κ3) is 5.54. The van der Waals surface area contributed by atoms with Crippen molar-refractivity contribution in [3.63, 3.8) is 0 Å². The van der Waals surface area contributed by atoms with Crippen LogP contribution in [0.2, 0.25) is 0 Å². The van der Waals surface area contributed by atoms with Gasteiger partial charge in [0.05, 0.1) is 6.61 Å². The maximum Gasteiger partial charge on any atom is 0.311 e. The van der Waals surface area contributed by atoms with Crippen molar-refractivity contribution in [3.05, 3.63) is 53.9 Å². The highest BCUT2D eigenvalue weighted by Crippen LogP contribution is 2.30. The highest BCUT2D eigenvalue weighted by Gasteiger charge is 2.12. The van der Waals surface area contributed by atoms with E-state index >= 15 is 0 Å². The van der Waals surface area contributed by atoms with E-state index in [1.165, 1.54) is 0 Å². The number of carbonyl (C=O) groups excluding carboxylic acids is 1. The summed E-state index contributed by atoms with van der Waals surface area (Å²) >= 11 is 0. The number of aromatic nitrogens is 1. The molecule has 0 bridgehead atoms. The van der Waals surface area contributed by atoms with E-state index in [-0.39, 0.29) is 11.9 Å². The highest BCUT2D eigenvalue weighted by molar-refractivity contribution is 5.75. The van der Waals surface area contributed by atoms with E-state index < -0.39 is 0 Å². The maximum absolute atomic E-state index is 11.9. The van der Waals surface area contributed by atoms with Gasteiger partial charge < -0.3 is 9.47 Å². The predicted molar refractivity (Wildman–Crippen MR) is 95.9 cm³/mol. The minimum Gasteiger partial charge on any atom is -0.490 e. The second-order valence-corrected chi connectivity index (χ2v) is 5.83. The Hall–Kier alpha value is -2.62. The fourth-order valence-corrected chi connectivity index (χ4v) is 2.15. The number of esters is 1. The van der Waals surface area contributed by atoms with E-state index in [2.05, 4.69) is 4.98 Å². The predicted octanol–water partition coefficient (Wildman–Crippen LogP) is 4.60. The molecule has 1 aromatic carbocycles. The van der Waals surface area contributed by atoms with E-state index in [4.69, 9.17) is 9.47 Å². The largest absolute Gasteiger partial charge is 0.490 e. The molecule has 24 heavy (non-hydrogen) atoms. The molecule has 0 radical (unpaired) electrons. The van der Waals surface area contributed by atoms with E-state index in [0.29, 0.717) is 24.5 Å². The molecular weight excluding hydrogens is 302 g/mol. The molecule has 4 nitrogen and oxygen atoms in total. The summed E-state index contributed by atoms with van der Waals surface area (Å²) in [6, 6.07) is 9.41. The van der Waals surface area contributed by atoms with E-state index in [1.54, 1.807) is 18.5 Å². The van der Waals surface area contributed by atoms with Gasteiger partial charge in [-0.25, -0.2) is 0 Å². The number of pyridine rings is 1. The van der Waals surface area contributed by atoms with Crippen LogP contribution in [-0.4, -0.2) is 17.6 Å². The van der Waals surface area contributed by atoms with Crippen molar-refractivity contribution >= 4 is 18.1 Å². The minimum atomic E-state index is -0.244. The molecule has 0 aliphatic rings. The van der Waals surface area contributed by atoms with Crippen molar-refractivity contribution in [2.24, 2.45) is 5.92 Å². The topological polar surface area (TPSA) is 48.4 Å². The first-order valence-electron chi connectivity index (χ1n) is 8.14. The zero-order chi connectivity index (χ0) is 17.4. The third-order valence-corrected chi connectivity index (χ3v) is 3.24. The van der Waals surface area contributed by atoms with Gasteiger partial charge in [0.1, 0.15) is 0 Å². The molecule has 4 heteroatoms. The summed E-state index contributed by atoms with van der Waals surface area (Å²) in [5, 5.41) is 0. The summed E-state index contributed by atoms with van der Waals surface area (Å²) in [4.78, 5) is 15.9. The van der Waals surface area contributed by atoms with Gasteiger partial charge in [-0.15, -0.1) is 0 Å². The Morgan fingerprint density at radius 1 is 1.08 bits per heavy atom. The molecule has 0 amide bonds. The van der Waals surface area contributed by atoms with Crippen molar-refractivity contribution in [3.8, 4) is 11.5 Å². The molecule has 0 saturated heterocycles. The van der Waals surface area contributed by atoms with Crippen LogP contribution in [0.3, 0.4) is 0 Å². The number of ether oxygens (including phenoxy) is 2. The van der Waals surface area contributed by atoms with E-state index in [9.17, 15) is 4.79 Å². The second-order valence-electron chi connectivity index (χ2n) is 5.83. The lowest BCUT2D eigenvalue weighted by atomic mass is 10.1. The molecule has 1 heterocycles. The second kappa shape index (κ2) is 8.87. The van der Waals surface area contributed by atoms with Crippen LogP contribution in [-0.2, 0) is 4.79 Å². The normalized spacial score (nSPS) is 11.0. The third-order valence-electron chi connectivity index (χ3n) is 3.24. The molecule has 0 atom stereocenters. The molecule has 2 aromatic rings. The standard InChI is InChI=1S/C20H23NO3/c1-4-23-19-14-17(6-5-16-9-11-21-12-10-16)7-8-18(19)24-20(22)13-15(2)3/h5-12,14-15H,4,13H2,1-3H3/b6-5+. The van der Waals surface area contributed by atoms with Crippen molar-refractivity contribution < 1.29 is 14.3 Å². The SMILES string of the molecule is CCOc1cc(/C=C/c2ccncc2)ccc1OC(=O)CC(C)C. The van der Waals surface area contributed by atoms with Crippen LogP contribution >= 0.6 is 0 Å². The molecule has 126 valence electrons. The van der Waals surface area contributed by atoms with Gasteiger partial charge in [-0.3, -0.25) is 9.78 Å². The van der Waals surface area contributed by atoms with E-state index in [0.717, 1.165) is 11.1 Å². The van der Waals surface area contributed by atoms with Crippen molar-refractivity contribution in [2.75, 3.05) is 6.61 Å². The first-order chi connectivity index (χ1) is 11.6. The zero-order valence-corrected chi connectivity index (χ0v) is 14.4. The Morgan fingerprint density at radius 3 is 2.46 bits per heavy atom. The summed E-state index contributed by atoms with van der Waals surface area (Å²) < 4.78 is 11.0. The van der Waals surface area contributed by atoms with Crippen molar-refractivity contribution in [1.82, 2.24) is 4.98 Å². The number of hydrogen-bond donors (Lipinski definition) is 0. The van der Waals surface area contributed by atoms with Crippen LogP contribution in [0.4, 0.5) is 0 Å². The fourth-order valence-electron chi connectivity index (χ4n) is 2.15. The number of benzene rings is 1. The molecule has 0 unspecified atom stereocenters. The Balaban J connectivity index is 2.16.